The molecule has 1 unspecified atom stereocenters. The fourth-order valence-corrected chi connectivity index (χ4v) is 9.79. The standard InChI is InChI=1S/C77H130O6/c1-4-7-10-13-16-19-22-25-28-30-32-34-36-37-38-39-41-42-44-46-49-52-55-58-61-64-67-70-76(79)82-73-74(72-81-75(78)69-66-63-60-57-54-51-48-27-24-21-18-15-12-9-6-3)83-77(80)71-68-65-62-59-56-53-50-47-45-43-40-35-33-31-29-26-23-20-17-14-11-8-5-2/h7-8,10-11,16-17,19-20,25-26,28-29,32-35,37-38,43,45,74H,4-6,9,12-15,18,21-24,27,30-31,36,39-42,44,46-73H2,1-3H3/b10-7-,11-8-,19-16-,20-17-,28-25-,29-26-,34-32-,35-33-,38-37-,45-43-. The minimum Gasteiger partial charge on any atom is -0.462 e. The second kappa shape index (κ2) is 70.3. The third-order valence-corrected chi connectivity index (χ3v) is 15.0. The Hall–Kier alpha value is -4.19. The zero-order chi connectivity index (χ0) is 59.9. The molecule has 0 aromatic heterocycles. The van der Waals surface area contributed by atoms with E-state index in [-0.39, 0.29) is 31.1 Å². The van der Waals surface area contributed by atoms with Crippen molar-refractivity contribution in [2.75, 3.05) is 13.2 Å². The number of rotatable bonds is 63. The van der Waals surface area contributed by atoms with E-state index in [4.69, 9.17) is 14.2 Å². The van der Waals surface area contributed by atoms with Gasteiger partial charge >= 0.3 is 17.9 Å². The van der Waals surface area contributed by atoms with E-state index in [0.29, 0.717) is 19.3 Å². The normalized spacial score (nSPS) is 12.9. The molecular formula is C77H130O6. The van der Waals surface area contributed by atoms with Crippen LogP contribution in [0.2, 0.25) is 0 Å². The summed E-state index contributed by atoms with van der Waals surface area (Å²) in [5.41, 5.74) is 0. The summed E-state index contributed by atoms with van der Waals surface area (Å²) in [6, 6.07) is 0. The van der Waals surface area contributed by atoms with Crippen molar-refractivity contribution < 1.29 is 28.6 Å². The first-order chi connectivity index (χ1) is 41.0. The summed E-state index contributed by atoms with van der Waals surface area (Å²) in [5, 5.41) is 0. The molecule has 6 heteroatoms. The van der Waals surface area contributed by atoms with Crippen molar-refractivity contribution in [2.45, 2.75) is 335 Å². The van der Waals surface area contributed by atoms with Crippen molar-refractivity contribution in [3.8, 4) is 0 Å². The van der Waals surface area contributed by atoms with E-state index in [1.165, 1.54) is 161 Å². The molecule has 0 heterocycles. The highest BCUT2D eigenvalue weighted by molar-refractivity contribution is 5.71. The summed E-state index contributed by atoms with van der Waals surface area (Å²) in [5.74, 6) is -0.883. The first-order valence-electron chi connectivity index (χ1n) is 35.0. The summed E-state index contributed by atoms with van der Waals surface area (Å²) in [6.07, 6.45) is 97.8. The maximum absolute atomic E-state index is 13.0. The van der Waals surface area contributed by atoms with Crippen molar-refractivity contribution in [3.05, 3.63) is 122 Å². The van der Waals surface area contributed by atoms with Gasteiger partial charge in [0.25, 0.3) is 0 Å². The van der Waals surface area contributed by atoms with Crippen LogP contribution in [0.3, 0.4) is 0 Å². The number of allylic oxidation sites excluding steroid dienone is 20. The van der Waals surface area contributed by atoms with Crippen molar-refractivity contribution in [2.24, 2.45) is 0 Å². The third-order valence-electron chi connectivity index (χ3n) is 15.0. The molecule has 0 bridgehead atoms. The number of carbonyl (C=O) groups excluding carboxylic acids is 3. The molecule has 0 rings (SSSR count). The predicted octanol–water partition coefficient (Wildman–Crippen LogP) is 24.3. The fraction of sp³-hybridized carbons (Fsp3) is 0.701. The van der Waals surface area contributed by atoms with E-state index in [1.807, 2.05) is 0 Å². The molecule has 0 spiro atoms. The lowest BCUT2D eigenvalue weighted by Crippen LogP contribution is -2.30. The second-order valence-electron chi connectivity index (χ2n) is 23.0. The number of unbranched alkanes of at least 4 members (excludes halogenated alkanes) is 32. The lowest BCUT2D eigenvalue weighted by atomic mass is 10.0. The molecule has 0 radical (unpaired) electrons. The molecule has 83 heavy (non-hydrogen) atoms. The Kier molecular flexibility index (Phi) is 66.7. The molecule has 474 valence electrons. The monoisotopic (exact) mass is 1150 g/mol. The fourth-order valence-electron chi connectivity index (χ4n) is 9.79. The van der Waals surface area contributed by atoms with Gasteiger partial charge in [0.2, 0.25) is 0 Å². The average molecular weight is 1150 g/mol. The Morgan fingerprint density at radius 2 is 0.470 bits per heavy atom. The summed E-state index contributed by atoms with van der Waals surface area (Å²) in [6.45, 7) is 6.44. The van der Waals surface area contributed by atoms with E-state index in [1.54, 1.807) is 0 Å². The van der Waals surface area contributed by atoms with Crippen LogP contribution in [0.1, 0.15) is 329 Å². The van der Waals surface area contributed by atoms with E-state index >= 15 is 0 Å². The lowest BCUT2D eigenvalue weighted by molar-refractivity contribution is -0.167. The first-order valence-corrected chi connectivity index (χ1v) is 35.0. The number of hydrogen-bond donors (Lipinski definition) is 0. The molecule has 0 saturated carbocycles. The Morgan fingerprint density at radius 3 is 0.735 bits per heavy atom. The number of ether oxygens (including phenoxy) is 3. The van der Waals surface area contributed by atoms with Gasteiger partial charge < -0.3 is 14.2 Å². The van der Waals surface area contributed by atoms with Crippen molar-refractivity contribution in [3.63, 3.8) is 0 Å². The van der Waals surface area contributed by atoms with Gasteiger partial charge in [-0.1, -0.05) is 322 Å². The van der Waals surface area contributed by atoms with Crippen molar-refractivity contribution in [1.29, 1.82) is 0 Å². The molecule has 0 aromatic carbocycles. The highest BCUT2D eigenvalue weighted by Gasteiger charge is 2.19. The quantitative estimate of drug-likeness (QED) is 0.0261. The predicted molar refractivity (Wildman–Crippen MR) is 362 cm³/mol. The molecule has 6 nitrogen and oxygen atoms in total. The number of esters is 3. The first kappa shape index (κ1) is 78.8. The number of hydrogen-bond acceptors (Lipinski definition) is 6. The molecule has 0 fully saturated rings. The van der Waals surface area contributed by atoms with Gasteiger partial charge in [-0.3, -0.25) is 14.4 Å². The maximum atomic E-state index is 13.0. The van der Waals surface area contributed by atoms with Crippen LogP contribution >= 0.6 is 0 Å². The molecule has 0 N–H and O–H groups in total. The van der Waals surface area contributed by atoms with Crippen molar-refractivity contribution in [1.82, 2.24) is 0 Å². The molecule has 0 amide bonds. The van der Waals surface area contributed by atoms with E-state index in [0.717, 1.165) is 128 Å². The van der Waals surface area contributed by atoms with Crippen LogP contribution in [0.5, 0.6) is 0 Å². The Bertz CT molecular complexity index is 1700. The second-order valence-corrected chi connectivity index (χ2v) is 23.0. The lowest BCUT2D eigenvalue weighted by Gasteiger charge is -2.18. The zero-order valence-electron chi connectivity index (χ0n) is 54.4. The van der Waals surface area contributed by atoms with Gasteiger partial charge in [-0.2, -0.15) is 0 Å². The largest absolute Gasteiger partial charge is 0.462 e. The van der Waals surface area contributed by atoms with Crippen LogP contribution in [-0.4, -0.2) is 37.2 Å². The average Bonchev–Trinajstić information content (AvgIpc) is 3.49. The molecule has 0 aromatic rings. The molecule has 0 aliphatic rings. The smallest absolute Gasteiger partial charge is 0.306 e. The highest BCUT2D eigenvalue weighted by atomic mass is 16.6. The van der Waals surface area contributed by atoms with Crippen molar-refractivity contribution >= 4 is 17.9 Å². The molecule has 0 saturated heterocycles. The summed E-state index contributed by atoms with van der Waals surface area (Å²) < 4.78 is 17.0. The Balaban J connectivity index is 4.36. The Morgan fingerprint density at radius 1 is 0.253 bits per heavy atom. The van der Waals surface area contributed by atoms with Gasteiger partial charge in [-0.25, -0.2) is 0 Å². The van der Waals surface area contributed by atoms with Crippen LogP contribution < -0.4 is 0 Å². The van der Waals surface area contributed by atoms with Gasteiger partial charge in [0.15, 0.2) is 6.10 Å². The Labute approximate surface area is 513 Å². The molecule has 0 aliphatic heterocycles. The van der Waals surface area contributed by atoms with Crippen LogP contribution in [0.25, 0.3) is 0 Å². The summed E-state index contributed by atoms with van der Waals surface area (Å²) in [7, 11) is 0. The molecule has 1 atom stereocenters. The zero-order valence-corrected chi connectivity index (χ0v) is 54.4. The van der Waals surface area contributed by atoms with Crippen LogP contribution in [0, 0.1) is 0 Å². The highest BCUT2D eigenvalue weighted by Crippen LogP contribution is 2.17. The third kappa shape index (κ3) is 68.5. The number of carbonyl (C=O) groups is 3. The van der Waals surface area contributed by atoms with E-state index in [9.17, 15) is 14.4 Å². The molecular weight excluding hydrogens is 1020 g/mol. The van der Waals surface area contributed by atoms with Crippen LogP contribution in [0.15, 0.2) is 122 Å². The maximum Gasteiger partial charge on any atom is 0.306 e. The summed E-state index contributed by atoms with van der Waals surface area (Å²) >= 11 is 0. The topological polar surface area (TPSA) is 78.9 Å². The SMILES string of the molecule is CC/C=C\C/C=C\C/C=C\C/C=C\C/C=C\CCCCCCCCCCCCCC(=O)OCC(COC(=O)CCCCCCCCCCCCCCCCC)OC(=O)CCCCCCCCC/C=C\C/C=C\C/C=C\C/C=C\C/C=C\CC. The van der Waals surface area contributed by atoms with Gasteiger partial charge in [-0.15, -0.1) is 0 Å². The van der Waals surface area contributed by atoms with Gasteiger partial charge in [0, 0.05) is 19.3 Å². The van der Waals surface area contributed by atoms with E-state index in [2.05, 4.69) is 142 Å². The summed E-state index contributed by atoms with van der Waals surface area (Å²) in [4.78, 5) is 38.5. The van der Waals surface area contributed by atoms with E-state index < -0.39 is 6.10 Å². The van der Waals surface area contributed by atoms with Crippen LogP contribution in [0.4, 0.5) is 0 Å². The minimum absolute atomic E-state index is 0.0820. The van der Waals surface area contributed by atoms with Crippen LogP contribution in [-0.2, 0) is 28.6 Å². The molecule has 0 aliphatic carbocycles. The minimum atomic E-state index is -0.789. The van der Waals surface area contributed by atoms with Gasteiger partial charge in [0.05, 0.1) is 0 Å². The van der Waals surface area contributed by atoms with Gasteiger partial charge in [0.1, 0.15) is 13.2 Å². The van der Waals surface area contributed by atoms with Gasteiger partial charge in [-0.05, 0) is 109 Å².